The summed E-state index contributed by atoms with van der Waals surface area (Å²) in [6, 6.07) is 22.4. The second kappa shape index (κ2) is 10.8. The zero-order valence-electron chi connectivity index (χ0n) is 17.3. The molecule has 2 amide bonds. The molecule has 0 spiro atoms. The second-order valence-corrected chi connectivity index (χ2v) is 7.10. The Bertz CT molecular complexity index is 1130. The van der Waals surface area contributed by atoms with E-state index in [4.69, 9.17) is 12.2 Å². The van der Waals surface area contributed by atoms with Crippen molar-refractivity contribution < 1.29 is 19.1 Å². The van der Waals surface area contributed by atoms with Gasteiger partial charge in [-0.05, 0) is 54.2 Å². The number of benzene rings is 3. The van der Waals surface area contributed by atoms with Gasteiger partial charge >= 0.3 is 5.97 Å². The van der Waals surface area contributed by atoms with E-state index in [2.05, 4.69) is 20.7 Å². The first-order chi connectivity index (χ1) is 15.5. The van der Waals surface area contributed by atoms with E-state index in [1.54, 1.807) is 24.3 Å². The summed E-state index contributed by atoms with van der Waals surface area (Å²) in [6.07, 6.45) is 0. The van der Waals surface area contributed by atoms with Crippen molar-refractivity contribution in [1.29, 1.82) is 0 Å². The van der Waals surface area contributed by atoms with Crippen LogP contribution in [0, 0.1) is 0 Å². The molecule has 0 heterocycles. The van der Waals surface area contributed by atoms with Crippen LogP contribution in [0.1, 0.15) is 36.6 Å². The van der Waals surface area contributed by atoms with Gasteiger partial charge in [0.2, 0.25) is 0 Å². The lowest BCUT2D eigenvalue weighted by Crippen LogP contribution is -2.35. The van der Waals surface area contributed by atoms with Gasteiger partial charge in [0.25, 0.3) is 11.8 Å². The standard InChI is InChI=1S/C24H21N3O4S/c1-31-23(30)18-13-11-17(12-14-18)21(28)27-24(32)26-20-10-6-5-9-19(20)22(29)25-15-16-7-3-2-4-8-16/h2-14H,15H2,1H3,(H,25,29)(H2,26,27,28,32). The number of carbonyl (C=O) groups excluding carboxylic acids is 3. The highest BCUT2D eigenvalue weighted by Gasteiger charge is 2.14. The molecule has 3 aromatic carbocycles. The zero-order valence-corrected chi connectivity index (χ0v) is 18.1. The first-order valence-electron chi connectivity index (χ1n) is 9.70. The molecule has 0 saturated carbocycles. The molecule has 0 aliphatic heterocycles. The molecule has 0 atom stereocenters. The molecule has 0 aromatic heterocycles. The minimum absolute atomic E-state index is 0.0374. The number of rotatable bonds is 6. The van der Waals surface area contributed by atoms with Gasteiger partial charge in [-0.3, -0.25) is 14.9 Å². The molecule has 3 rings (SSSR count). The van der Waals surface area contributed by atoms with E-state index in [1.807, 2.05) is 30.3 Å². The van der Waals surface area contributed by atoms with Crippen LogP contribution in [0.2, 0.25) is 0 Å². The maximum absolute atomic E-state index is 12.7. The Morgan fingerprint density at radius 1 is 0.812 bits per heavy atom. The van der Waals surface area contributed by atoms with Crippen LogP contribution in [0.15, 0.2) is 78.9 Å². The highest BCUT2D eigenvalue weighted by molar-refractivity contribution is 7.80. The van der Waals surface area contributed by atoms with Gasteiger partial charge in [0.15, 0.2) is 5.11 Å². The summed E-state index contributed by atoms with van der Waals surface area (Å²) in [5.41, 5.74) is 2.48. The van der Waals surface area contributed by atoms with Gasteiger partial charge in [0.1, 0.15) is 0 Å². The highest BCUT2D eigenvalue weighted by Crippen LogP contribution is 2.15. The van der Waals surface area contributed by atoms with E-state index >= 15 is 0 Å². The molecule has 7 nitrogen and oxygen atoms in total. The Morgan fingerprint density at radius 2 is 1.44 bits per heavy atom. The van der Waals surface area contributed by atoms with Gasteiger partial charge in [-0.15, -0.1) is 0 Å². The number of hydrogen-bond acceptors (Lipinski definition) is 5. The van der Waals surface area contributed by atoms with E-state index < -0.39 is 11.9 Å². The minimum atomic E-state index is -0.490. The van der Waals surface area contributed by atoms with Crippen LogP contribution < -0.4 is 16.0 Å². The lowest BCUT2D eigenvalue weighted by Gasteiger charge is -2.14. The van der Waals surface area contributed by atoms with Crippen molar-refractivity contribution in [1.82, 2.24) is 10.6 Å². The van der Waals surface area contributed by atoms with Gasteiger partial charge in [-0.25, -0.2) is 4.79 Å². The largest absolute Gasteiger partial charge is 0.465 e. The summed E-state index contributed by atoms with van der Waals surface area (Å²) in [6.45, 7) is 0.386. The summed E-state index contributed by atoms with van der Waals surface area (Å²) in [5, 5.41) is 8.36. The van der Waals surface area contributed by atoms with E-state index in [0.717, 1.165) is 5.56 Å². The van der Waals surface area contributed by atoms with E-state index in [9.17, 15) is 14.4 Å². The summed E-state index contributed by atoms with van der Waals surface area (Å²) >= 11 is 5.24. The minimum Gasteiger partial charge on any atom is -0.465 e. The average molecular weight is 448 g/mol. The molecule has 3 aromatic rings. The van der Waals surface area contributed by atoms with Gasteiger partial charge in [-0.1, -0.05) is 42.5 Å². The van der Waals surface area contributed by atoms with E-state index in [-0.39, 0.29) is 11.0 Å². The Labute approximate surface area is 190 Å². The summed E-state index contributed by atoms with van der Waals surface area (Å²) < 4.78 is 4.64. The van der Waals surface area contributed by atoms with Crippen molar-refractivity contribution in [3.8, 4) is 0 Å². The van der Waals surface area contributed by atoms with Crippen molar-refractivity contribution in [2.75, 3.05) is 12.4 Å². The topological polar surface area (TPSA) is 96.5 Å². The molecule has 162 valence electrons. The predicted molar refractivity (Wildman–Crippen MR) is 126 cm³/mol. The molecular formula is C24H21N3O4S. The molecule has 0 saturated heterocycles. The Hall–Kier alpha value is -4.04. The number of methoxy groups -OCH3 is 1. The second-order valence-electron chi connectivity index (χ2n) is 6.69. The average Bonchev–Trinajstić information content (AvgIpc) is 2.83. The Morgan fingerprint density at radius 3 is 2.12 bits per heavy atom. The molecule has 32 heavy (non-hydrogen) atoms. The summed E-state index contributed by atoms with van der Waals surface area (Å²) in [5.74, 6) is -1.22. The van der Waals surface area contributed by atoms with Crippen molar-refractivity contribution in [3.63, 3.8) is 0 Å². The van der Waals surface area contributed by atoms with Crippen molar-refractivity contribution >= 4 is 40.8 Å². The number of para-hydroxylation sites is 1. The fourth-order valence-electron chi connectivity index (χ4n) is 2.87. The van der Waals surface area contributed by atoms with Crippen LogP contribution in [0.25, 0.3) is 0 Å². The summed E-state index contributed by atoms with van der Waals surface area (Å²) in [7, 11) is 1.28. The molecule has 0 radical (unpaired) electrons. The first-order valence-corrected chi connectivity index (χ1v) is 10.1. The smallest absolute Gasteiger partial charge is 0.337 e. The maximum Gasteiger partial charge on any atom is 0.337 e. The van der Waals surface area contributed by atoms with Crippen molar-refractivity contribution in [3.05, 3.63) is 101 Å². The number of nitrogens with one attached hydrogen (secondary N) is 3. The SMILES string of the molecule is COC(=O)c1ccc(C(=O)NC(=S)Nc2ccccc2C(=O)NCc2ccccc2)cc1. The number of anilines is 1. The lowest BCUT2D eigenvalue weighted by atomic mass is 10.1. The maximum atomic E-state index is 12.7. The third-order valence-electron chi connectivity index (χ3n) is 4.51. The van der Waals surface area contributed by atoms with Crippen LogP contribution in [-0.2, 0) is 11.3 Å². The van der Waals surface area contributed by atoms with Crippen molar-refractivity contribution in [2.45, 2.75) is 6.54 Å². The number of carbonyl (C=O) groups is 3. The number of hydrogen-bond donors (Lipinski definition) is 3. The fraction of sp³-hybridized carbons (Fsp3) is 0.0833. The van der Waals surface area contributed by atoms with Crippen molar-refractivity contribution in [2.24, 2.45) is 0 Å². The van der Waals surface area contributed by atoms with Gasteiger partial charge in [0, 0.05) is 12.1 Å². The normalized spacial score (nSPS) is 10.0. The fourth-order valence-corrected chi connectivity index (χ4v) is 3.07. The van der Waals surface area contributed by atoms with Crippen LogP contribution in [-0.4, -0.2) is 30.0 Å². The van der Waals surface area contributed by atoms with E-state index in [1.165, 1.54) is 31.4 Å². The first kappa shape index (κ1) is 22.6. The molecule has 0 fully saturated rings. The van der Waals surface area contributed by atoms with Gasteiger partial charge in [0.05, 0.1) is 23.9 Å². The number of esters is 1. The number of ether oxygens (including phenoxy) is 1. The monoisotopic (exact) mass is 447 g/mol. The highest BCUT2D eigenvalue weighted by atomic mass is 32.1. The molecule has 0 aliphatic rings. The van der Waals surface area contributed by atoms with Gasteiger partial charge < -0.3 is 15.4 Å². The van der Waals surface area contributed by atoms with Crippen LogP contribution in [0.3, 0.4) is 0 Å². The quantitative estimate of drug-likeness (QED) is 0.395. The molecule has 8 heteroatoms. The van der Waals surface area contributed by atoms with Crippen LogP contribution in [0.4, 0.5) is 5.69 Å². The predicted octanol–water partition coefficient (Wildman–Crippen LogP) is 3.53. The Kier molecular flexibility index (Phi) is 7.66. The van der Waals surface area contributed by atoms with Gasteiger partial charge in [-0.2, -0.15) is 0 Å². The zero-order chi connectivity index (χ0) is 22.9. The molecule has 0 bridgehead atoms. The van der Waals surface area contributed by atoms with Crippen LogP contribution >= 0.6 is 12.2 Å². The molecule has 0 unspecified atom stereocenters. The molecular weight excluding hydrogens is 426 g/mol. The molecule has 0 aliphatic carbocycles. The third kappa shape index (κ3) is 5.99. The lowest BCUT2D eigenvalue weighted by molar-refractivity contribution is 0.0600. The molecule has 3 N–H and O–H groups in total. The van der Waals surface area contributed by atoms with E-state index in [0.29, 0.717) is 28.9 Å². The van der Waals surface area contributed by atoms with Crippen LogP contribution in [0.5, 0.6) is 0 Å². The third-order valence-corrected chi connectivity index (χ3v) is 4.72. The summed E-state index contributed by atoms with van der Waals surface area (Å²) in [4.78, 5) is 36.6. The number of thiocarbonyl (C=S) groups is 1. The number of amides is 2. The Balaban J connectivity index is 1.62.